The molecule has 21 heavy (non-hydrogen) atoms. The molecule has 0 aliphatic heterocycles. The van der Waals surface area contributed by atoms with Gasteiger partial charge in [0.05, 0.1) is 0 Å². The van der Waals surface area contributed by atoms with E-state index in [1.165, 1.54) is 6.92 Å². The Labute approximate surface area is 135 Å². The number of nitrogens with zero attached hydrogens (tertiary/aromatic N) is 1. The average molecular weight is 355 g/mol. The van der Waals surface area contributed by atoms with Gasteiger partial charge >= 0.3 is 0 Å². The molecular weight excluding hydrogens is 332 g/mol. The van der Waals surface area contributed by atoms with Gasteiger partial charge in [0.15, 0.2) is 0 Å². The van der Waals surface area contributed by atoms with E-state index in [2.05, 4.69) is 21.2 Å². The van der Waals surface area contributed by atoms with Crippen molar-refractivity contribution in [3.8, 4) is 0 Å². The van der Waals surface area contributed by atoms with Gasteiger partial charge in [0.25, 0.3) is 0 Å². The predicted molar refractivity (Wildman–Crippen MR) is 87.8 cm³/mol. The first-order chi connectivity index (χ1) is 9.99. The van der Waals surface area contributed by atoms with Crippen LogP contribution in [0.15, 0.2) is 28.7 Å². The number of unbranched alkanes of at least 4 members (excludes halogenated alkanes) is 2. The van der Waals surface area contributed by atoms with Crippen LogP contribution in [-0.4, -0.2) is 30.3 Å². The van der Waals surface area contributed by atoms with Gasteiger partial charge in [-0.3, -0.25) is 9.59 Å². The Bertz CT molecular complexity index is 460. The zero-order chi connectivity index (χ0) is 15.7. The lowest BCUT2D eigenvalue weighted by molar-refractivity contribution is -0.130. The smallest absolute Gasteiger partial charge is 0.222 e. The van der Waals surface area contributed by atoms with E-state index < -0.39 is 0 Å². The minimum Gasteiger partial charge on any atom is -0.356 e. The summed E-state index contributed by atoms with van der Waals surface area (Å²) in [6.45, 7) is 2.84. The number of nitrogens with one attached hydrogen (secondary N) is 1. The molecule has 1 aromatic rings. The van der Waals surface area contributed by atoms with Crippen LogP contribution in [-0.2, 0) is 16.1 Å². The number of carbonyl (C=O) groups excluding carboxylic acids is 2. The number of hydrogen-bond donors (Lipinski definition) is 1. The Balaban J connectivity index is 2.19. The molecule has 0 aliphatic carbocycles. The van der Waals surface area contributed by atoms with E-state index in [1.807, 2.05) is 31.3 Å². The van der Waals surface area contributed by atoms with Gasteiger partial charge in [0.1, 0.15) is 0 Å². The van der Waals surface area contributed by atoms with Gasteiger partial charge in [-0.15, -0.1) is 0 Å². The van der Waals surface area contributed by atoms with Gasteiger partial charge < -0.3 is 10.2 Å². The van der Waals surface area contributed by atoms with Gasteiger partial charge in [-0.1, -0.05) is 34.5 Å². The lowest BCUT2D eigenvalue weighted by Crippen LogP contribution is -2.26. The summed E-state index contributed by atoms with van der Waals surface area (Å²) in [6, 6.07) is 7.99. The fraction of sp³-hybridized carbons (Fsp3) is 0.500. The fourth-order valence-corrected chi connectivity index (χ4v) is 2.25. The minimum atomic E-state index is 0.000285. The van der Waals surface area contributed by atoms with Crippen molar-refractivity contribution < 1.29 is 9.59 Å². The van der Waals surface area contributed by atoms with Crippen LogP contribution < -0.4 is 5.32 Å². The third-order valence-electron chi connectivity index (χ3n) is 3.20. The molecule has 0 saturated carbocycles. The summed E-state index contributed by atoms with van der Waals surface area (Å²) in [5.74, 6) is 0.165. The summed E-state index contributed by atoms with van der Waals surface area (Å²) in [4.78, 5) is 24.5. The number of halogens is 1. The first-order valence-corrected chi connectivity index (χ1v) is 8.01. The van der Waals surface area contributed by atoms with E-state index in [1.54, 1.807) is 4.90 Å². The lowest BCUT2D eigenvalue weighted by atomic mass is 10.1. The summed E-state index contributed by atoms with van der Waals surface area (Å²) >= 11 is 3.40. The van der Waals surface area contributed by atoms with E-state index in [-0.39, 0.29) is 11.8 Å². The highest BCUT2D eigenvalue weighted by Crippen LogP contribution is 2.12. The Morgan fingerprint density at radius 1 is 1.14 bits per heavy atom. The normalized spacial score (nSPS) is 10.2. The quantitative estimate of drug-likeness (QED) is 0.729. The van der Waals surface area contributed by atoms with Crippen molar-refractivity contribution in [2.45, 2.75) is 39.2 Å². The Morgan fingerprint density at radius 2 is 1.81 bits per heavy atom. The fourth-order valence-electron chi connectivity index (χ4n) is 1.99. The highest BCUT2D eigenvalue weighted by molar-refractivity contribution is 9.10. The molecule has 0 bridgehead atoms. The van der Waals surface area contributed by atoms with Crippen molar-refractivity contribution in [2.24, 2.45) is 0 Å². The van der Waals surface area contributed by atoms with Crippen molar-refractivity contribution in [1.29, 1.82) is 0 Å². The molecule has 1 aromatic carbocycles. The molecule has 116 valence electrons. The van der Waals surface area contributed by atoms with Crippen molar-refractivity contribution in [3.05, 3.63) is 34.3 Å². The minimum absolute atomic E-state index is 0.000285. The van der Waals surface area contributed by atoms with Crippen LogP contribution in [0.1, 0.15) is 38.2 Å². The zero-order valence-corrected chi connectivity index (χ0v) is 14.3. The maximum atomic E-state index is 12.0. The number of carbonyl (C=O) groups is 2. The summed E-state index contributed by atoms with van der Waals surface area (Å²) in [5, 5.41) is 2.76. The van der Waals surface area contributed by atoms with Crippen LogP contribution in [0.2, 0.25) is 0 Å². The largest absolute Gasteiger partial charge is 0.356 e. The number of benzene rings is 1. The van der Waals surface area contributed by atoms with Crippen molar-refractivity contribution >= 4 is 27.7 Å². The number of amides is 2. The second-order valence-corrected chi connectivity index (χ2v) is 6.09. The van der Waals surface area contributed by atoms with E-state index in [4.69, 9.17) is 0 Å². The molecule has 0 fully saturated rings. The highest BCUT2D eigenvalue weighted by Gasteiger charge is 2.08. The molecule has 1 N–H and O–H groups in total. The Kier molecular flexibility index (Phi) is 8.05. The van der Waals surface area contributed by atoms with Crippen LogP contribution in [0.5, 0.6) is 0 Å². The van der Waals surface area contributed by atoms with Crippen LogP contribution in [0.25, 0.3) is 0 Å². The summed E-state index contributed by atoms with van der Waals surface area (Å²) in [6.07, 6.45) is 3.30. The molecule has 5 heteroatoms. The maximum Gasteiger partial charge on any atom is 0.222 e. The molecule has 0 radical (unpaired) electrons. The SMILES string of the molecule is CC(=O)NCCCCCC(=O)N(C)Cc1ccc(Br)cc1. The monoisotopic (exact) mass is 354 g/mol. The summed E-state index contributed by atoms with van der Waals surface area (Å²) in [7, 11) is 1.84. The molecule has 1 rings (SSSR count). The van der Waals surface area contributed by atoms with Gasteiger partial charge in [0.2, 0.25) is 11.8 Å². The first-order valence-electron chi connectivity index (χ1n) is 7.22. The van der Waals surface area contributed by atoms with Gasteiger partial charge in [0, 0.05) is 38.0 Å². The van der Waals surface area contributed by atoms with Crippen LogP contribution in [0.3, 0.4) is 0 Å². The van der Waals surface area contributed by atoms with E-state index in [0.29, 0.717) is 19.5 Å². The van der Waals surface area contributed by atoms with Crippen molar-refractivity contribution in [3.63, 3.8) is 0 Å². The lowest BCUT2D eigenvalue weighted by Gasteiger charge is -2.17. The molecule has 0 aliphatic rings. The first kappa shape index (κ1) is 17.7. The standard InChI is InChI=1S/C16H23BrN2O2/c1-13(20)18-11-5-3-4-6-16(21)19(2)12-14-7-9-15(17)10-8-14/h7-10H,3-6,11-12H2,1-2H3,(H,18,20). The third kappa shape index (κ3) is 7.85. The molecule has 0 spiro atoms. The highest BCUT2D eigenvalue weighted by atomic mass is 79.9. The van der Waals surface area contributed by atoms with Crippen molar-refractivity contribution in [2.75, 3.05) is 13.6 Å². The van der Waals surface area contributed by atoms with Crippen LogP contribution >= 0.6 is 15.9 Å². The molecular formula is C16H23BrN2O2. The van der Waals surface area contributed by atoms with Gasteiger partial charge in [-0.25, -0.2) is 0 Å². The second kappa shape index (κ2) is 9.55. The second-order valence-electron chi connectivity index (χ2n) is 5.17. The predicted octanol–water partition coefficient (Wildman–Crippen LogP) is 3.10. The number of hydrogen-bond acceptors (Lipinski definition) is 2. The van der Waals surface area contributed by atoms with Crippen LogP contribution in [0, 0.1) is 0 Å². The molecule has 0 saturated heterocycles. The van der Waals surface area contributed by atoms with E-state index in [9.17, 15) is 9.59 Å². The Hall–Kier alpha value is -1.36. The van der Waals surface area contributed by atoms with E-state index >= 15 is 0 Å². The molecule has 2 amide bonds. The molecule has 0 heterocycles. The van der Waals surface area contributed by atoms with Gasteiger partial charge in [-0.05, 0) is 30.5 Å². The summed E-state index contributed by atoms with van der Waals surface area (Å²) < 4.78 is 1.04. The van der Waals surface area contributed by atoms with Crippen LogP contribution in [0.4, 0.5) is 0 Å². The molecule has 4 nitrogen and oxygen atoms in total. The topological polar surface area (TPSA) is 49.4 Å². The third-order valence-corrected chi connectivity index (χ3v) is 3.73. The maximum absolute atomic E-state index is 12.0. The van der Waals surface area contributed by atoms with Crippen molar-refractivity contribution in [1.82, 2.24) is 10.2 Å². The molecule has 0 aromatic heterocycles. The zero-order valence-electron chi connectivity index (χ0n) is 12.7. The molecule has 0 atom stereocenters. The Morgan fingerprint density at radius 3 is 2.43 bits per heavy atom. The molecule has 0 unspecified atom stereocenters. The van der Waals surface area contributed by atoms with Gasteiger partial charge in [-0.2, -0.15) is 0 Å². The summed E-state index contributed by atoms with van der Waals surface area (Å²) in [5.41, 5.74) is 1.12. The number of rotatable bonds is 8. The van der Waals surface area contributed by atoms with E-state index in [0.717, 1.165) is 29.3 Å². The average Bonchev–Trinajstić information content (AvgIpc) is 2.44.